The molecule has 0 radical (unpaired) electrons. The van der Waals surface area contributed by atoms with E-state index < -0.39 is 17.7 Å². The molecule has 1 aromatic rings. The summed E-state index contributed by atoms with van der Waals surface area (Å²) in [7, 11) is 1.47. The Morgan fingerprint density at radius 3 is 2.35 bits per heavy atom. The Morgan fingerprint density at radius 1 is 1.22 bits per heavy atom. The second-order valence-electron chi connectivity index (χ2n) is 5.20. The van der Waals surface area contributed by atoms with Crippen molar-refractivity contribution in [2.45, 2.75) is 26.6 Å². The van der Waals surface area contributed by atoms with Gasteiger partial charge in [0, 0.05) is 13.8 Å². The van der Waals surface area contributed by atoms with E-state index in [4.69, 9.17) is 30.5 Å². The van der Waals surface area contributed by atoms with Gasteiger partial charge in [0.15, 0.2) is 11.5 Å². The Labute approximate surface area is 138 Å². The van der Waals surface area contributed by atoms with E-state index in [2.05, 4.69) is 0 Å². The van der Waals surface area contributed by atoms with Crippen LogP contribution in [0, 0.1) is 0 Å². The molecule has 0 atom stereocenters. The van der Waals surface area contributed by atoms with Gasteiger partial charge in [-0.3, -0.25) is 0 Å². The number of hydrogen-bond donors (Lipinski definition) is 0. The molecule has 1 fully saturated rings. The Morgan fingerprint density at radius 2 is 1.83 bits per heavy atom. The average molecular weight is 341 g/mol. The molecular weight excluding hydrogens is 324 g/mol. The average Bonchev–Trinajstić information content (AvgIpc) is 2.42. The van der Waals surface area contributed by atoms with Gasteiger partial charge in [-0.15, -0.1) is 0 Å². The second kappa shape index (κ2) is 6.50. The number of carbonyl (C=O) groups excluding carboxylic acids is 2. The first kappa shape index (κ1) is 17.1. The van der Waals surface area contributed by atoms with E-state index in [0.29, 0.717) is 28.7 Å². The highest BCUT2D eigenvalue weighted by Crippen LogP contribution is 2.37. The van der Waals surface area contributed by atoms with Crippen molar-refractivity contribution in [3.63, 3.8) is 0 Å². The van der Waals surface area contributed by atoms with Crippen LogP contribution < -0.4 is 9.47 Å². The fourth-order valence-corrected chi connectivity index (χ4v) is 2.37. The fourth-order valence-electron chi connectivity index (χ4n) is 2.08. The van der Waals surface area contributed by atoms with Crippen LogP contribution in [0.4, 0.5) is 0 Å². The minimum absolute atomic E-state index is 0.215. The van der Waals surface area contributed by atoms with Crippen LogP contribution in [0.3, 0.4) is 0 Å². The van der Waals surface area contributed by atoms with Crippen molar-refractivity contribution in [2.75, 3.05) is 13.7 Å². The molecular formula is C16H17ClO6. The number of cyclic esters (lactones) is 2. The van der Waals surface area contributed by atoms with Crippen molar-refractivity contribution in [2.24, 2.45) is 0 Å². The Bertz CT molecular complexity index is 655. The van der Waals surface area contributed by atoms with Crippen molar-refractivity contribution < 1.29 is 28.5 Å². The Kier molecular flexibility index (Phi) is 4.85. The van der Waals surface area contributed by atoms with Crippen molar-refractivity contribution in [3.8, 4) is 11.5 Å². The monoisotopic (exact) mass is 340 g/mol. The number of hydrogen-bond acceptors (Lipinski definition) is 6. The van der Waals surface area contributed by atoms with Gasteiger partial charge in [-0.05, 0) is 30.7 Å². The molecule has 0 bridgehead atoms. The quantitative estimate of drug-likeness (QED) is 0.477. The molecule has 2 rings (SSSR count). The van der Waals surface area contributed by atoms with Crippen LogP contribution in [0.25, 0.3) is 6.08 Å². The van der Waals surface area contributed by atoms with Gasteiger partial charge in [0.05, 0.1) is 18.7 Å². The predicted octanol–water partition coefficient (Wildman–Crippen LogP) is 2.97. The number of esters is 2. The zero-order valence-electron chi connectivity index (χ0n) is 13.3. The topological polar surface area (TPSA) is 71.1 Å². The minimum Gasteiger partial charge on any atom is -0.491 e. The first-order chi connectivity index (χ1) is 10.8. The summed E-state index contributed by atoms with van der Waals surface area (Å²) >= 11 is 6.14. The lowest BCUT2D eigenvalue weighted by Gasteiger charge is -2.29. The molecule has 0 spiro atoms. The highest BCUT2D eigenvalue weighted by atomic mass is 35.5. The maximum absolute atomic E-state index is 12.0. The van der Waals surface area contributed by atoms with Gasteiger partial charge in [0.25, 0.3) is 5.79 Å². The number of ether oxygens (including phenoxy) is 4. The molecule has 1 aliphatic rings. The standard InChI is InChI=1S/C16H17ClO6/c1-5-21-12-8-9(7-11(17)13(12)20-4)6-10-14(18)22-16(2,3)23-15(10)19/h6-8H,5H2,1-4H3. The van der Waals surface area contributed by atoms with Crippen LogP contribution in [0.1, 0.15) is 26.3 Å². The highest BCUT2D eigenvalue weighted by molar-refractivity contribution is 6.32. The SMILES string of the molecule is CCOc1cc(C=C2C(=O)OC(C)(C)OC2=O)cc(Cl)c1OC. The summed E-state index contributed by atoms with van der Waals surface area (Å²) in [6, 6.07) is 3.16. The maximum Gasteiger partial charge on any atom is 0.348 e. The molecule has 0 saturated carbocycles. The lowest BCUT2D eigenvalue weighted by Crippen LogP contribution is -2.41. The summed E-state index contributed by atoms with van der Waals surface area (Å²) in [5.41, 5.74) is 0.274. The summed E-state index contributed by atoms with van der Waals surface area (Å²) in [5.74, 6) is -2.00. The summed E-state index contributed by atoms with van der Waals surface area (Å²) in [5, 5.41) is 0.295. The van der Waals surface area contributed by atoms with Crippen LogP contribution in [0.2, 0.25) is 5.02 Å². The number of methoxy groups -OCH3 is 1. The van der Waals surface area contributed by atoms with Crippen LogP contribution >= 0.6 is 11.6 Å². The third kappa shape index (κ3) is 3.76. The van der Waals surface area contributed by atoms with Gasteiger partial charge in [-0.25, -0.2) is 9.59 Å². The molecule has 1 aromatic carbocycles. The molecule has 0 aromatic heterocycles. The van der Waals surface area contributed by atoms with E-state index in [9.17, 15) is 9.59 Å². The van der Waals surface area contributed by atoms with Crippen LogP contribution in [0.15, 0.2) is 17.7 Å². The first-order valence-corrected chi connectivity index (χ1v) is 7.34. The fraction of sp³-hybridized carbons (Fsp3) is 0.375. The highest BCUT2D eigenvalue weighted by Gasteiger charge is 2.38. The molecule has 1 saturated heterocycles. The largest absolute Gasteiger partial charge is 0.491 e. The second-order valence-corrected chi connectivity index (χ2v) is 5.61. The Hall–Kier alpha value is -2.21. The van der Waals surface area contributed by atoms with E-state index in [1.807, 2.05) is 6.92 Å². The van der Waals surface area contributed by atoms with Gasteiger partial charge in [-0.2, -0.15) is 0 Å². The van der Waals surface area contributed by atoms with Gasteiger partial charge < -0.3 is 18.9 Å². The van der Waals surface area contributed by atoms with Crippen molar-refractivity contribution in [1.29, 1.82) is 0 Å². The smallest absolute Gasteiger partial charge is 0.348 e. The van der Waals surface area contributed by atoms with Gasteiger partial charge in [0.2, 0.25) is 0 Å². The van der Waals surface area contributed by atoms with E-state index in [1.54, 1.807) is 12.1 Å². The molecule has 0 aliphatic carbocycles. The number of halogens is 1. The first-order valence-electron chi connectivity index (χ1n) is 6.96. The van der Waals surface area contributed by atoms with Crippen LogP contribution in [-0.2, 0) is 19.1 Å². The lowest BCUT2D eigenvalue weighted by molar-refractivity contribution is -0.222. The normalized spacial score (nSPS) is 16.5. The molecule has 0 N–H and O–H groups in total. The van der Waals surface area contributed by atoms with Crippen molar-refractivity contribution >= 4 is 29.6 Å². The molecule has 0 unspecified atom stereocenters. The third-order valence-corrected chi connectivity index (χ3v) is 3.24. The summed E-state index contributed by atoms with van der Waals surface area (Å²) in [6.45, 7) is 5.19. The number of rotatable bonds is 4. The minimum atomic E-state index is -1.28. The van der Waals surface area contributed by atoms with E-state index >= 15 is 0 Å². The molecule has 7 heteroatoms. The molecule has 1 aliphatic heterocycles. The van der Waals surface area contributed by atoms with E-state index in [0.717, 1.165) is 0 Å². The lowest BCUT2D eigenvalue weighted by atomic mass is 10.1. The predicted molar refractivity (Wildman–Crippen MR) is 83.4 cm³/mol. The molecule has 23 heavy (non-hydrogen) atoms. The molecule has 1 heterocycles. The molecule has 124 valence electrons. The zero-order chi connectivity index (χ0) is 17.2. The van der Waals surface area contributed by atoms with Gasteiger partial charge >= 0.3 is 11.9 Å². The summed E-state index contributed by atoms with van der Waals surface area (Å²) in [4.78, 5) is 23.9. The zero-order valence-corrected chi connectivity index (χ0v) is 14.0. The van der Waals surface area contributed by atoms with Crippen LogP contribution in [0.5, 0.6) is 11.5 Å². The Balaban J connectivity index is 2.43. The van der Waals surface area contributed by atoms with Gasteiger partial charge in [-0.1, -0.05) is 11.6 Å². The third-order valence-electron chi connectivity index (χ3n) is 2.96. The summed E-state index contributed by atoms with van der Waals surface area (Å²) in [6.07, 6.45) is 1.34. The van der Waals surface area contributed by atoms with Gasteiger partial charge in [0.1, 0.15) is 5.57 Å². The van der Waals surface area contributed by atoms with Crippen molar-refractivity contribution in [3.05, 3.63) is 28.3 Å². The molecule has 6 nitrogen and oxygen atoms in total. The van der Waals surface area contributed by atoms with Crippen LogP contribution in [-0.4, -0.2) is 31.4 Å². The number of carbonyl (C=O) groups is 2. The molecule has 0 amide bonds. The van der Waals surface area contributed by atoms with Crippen molar-refractivity contribution in [1.82, 2.24) is 0 Å². The van der Waals surface area contributed by atoms with E-state index in [1.165, 1.54) is 27.0 Å². The van der Waals surface area contributed by atoms with E-state index in [-0.39, 0.29) is 5.57 Å². The maximum atomic E-state index is 12.0. The number of benzene rings is 1. The summed E-state index contributed by atoms with van der Waals surface area (Å²) < 4.78 is 20.7.